The van der Waals surface area contributed by atoms with Crippen LogP contribution < -0.4 is 5.32 Å². The molecule has 2 heterocycles. The molecule has 1 aromatic rings. The van der Waals surface area contributed by atoms with Crippen LogP contribution in [0.15, 0.2) is 24.3 Å². The Kier molecular flexibility index (Phi) is 3.34. The Balaban J connectivity index is 1.82. The largest absolute Gasteiger partial charge is 0.467 e. The van der Waals surface area contributed by atoms with Gasteiger partial charge in [-0.05, 0) is 24.5 Å². The number of nitrogens with one attached hydrogen (secondary N) is 1. The van der Waals surface area contributed by atoms with Gasteiger partial charge in [-0.15, -0.1) is 0 Å². The molecule has 3 rings (SSSR count). The van der Waals surface area contributed by atoms with E-state index in [-0.39, 0.29) is 17.8 Å². The molecule has 2 unspecified atom stereocenters. The van der Waals surface area contributed by atoms with Gasteiger partial charge in [-0.25, -0.2) is 4.79 Å². The lowest BCUT2D eigenvalue weighted by atomic mass is 9.99. The van der Waals surface area contributed by atoms with Crippen LogP contribution in [-0.4, -0.2) is 43.0 Å². The Morgan fingerprint density at radius 2 is 2.15 bits per heavy atom. The van der Waals surface area contributed by atoms with Crippen molar-refractivity contribution in [1.29, 1.82) is 0 Å². The number of amides is 1. The van der Waals surface area contributed by atoms with Crippen molar-refractivity contribution in [2.24, 2.45) is 0 Å². The fourth-order valence-corrected chi connectivity index (χ4v) is 3.12. The van der Waals surface area contributed by atoms with E-state index in [2.05, 4.69) is 5.32 Å². The highest BCUT2D eigenvalue weighted by atomic mass is 16.5. The van der Waals surface area contributed by atoms with Crippen molar-refractivity contribution in [3.63, 3.8) is 0 Å². The van der Waals surface area contributed by atoms with Gasteiger partial charge in [-0.3, -0.25) is 4.79 Å². The van der Waals surface area contributed by atoms with Crippen LogP contribution in [0.5, 0.6) is 0 Å². The highest BCUT2D eigenvalue weighted by Crippen LogP contribution is 2.34. The molecule has 20 heavy (non-hydrogen) atoms. The number of methoxy groups -OCH3 is 1. The lowest BCUT2D eigenvalue weighted by Crippen LogP contribution is -2.43. The van der Waals surface area contributed by atoms with Gasteiger partial charge in [0.05, 0.1) is 13.0 Å². The van der Waals surface area contributed by atoms with Crippen LogP contribution in [0, 0.1) is 0 Å². The van der Waals surface area contributed by atoms with Crippen molar-refractivity contribution in [1.82, 2.24) is 4.90 Å². The molecule has 1 amide bonds. The fourth-order valence-electron chi connectivity index (χ4n) is 3.12. The van der Waals surface area contributed by atoms with E-state index in [1.807, 2.05) is 24.3 Å². The normalized spacial score (nSPS) is 24.1. The molecule has 5 nitrogen and oxygen atoms in total. The van der Waals surface area contributed by atoms with Gasteiger partial charge in [0.15, 0.2) is 0 Å². The predicted octanol–water partition coefficient (Wildman–Crippen LogP) is 1.36. The SMILES string of the molecule is COC(=O)C1CCCN1C(=O)C1CNc2ccccc21. The first-order valence-electron chi connectivity index (χ1n) is 6.93. The molecule has 2 aliphatic rings. The van der Waals surface area contributed by atoms with Crippen LogP contribution in [0.2, 0.25) is 0 Å². The summed E-state index contributed by atoms with van der Waals surface area (Å²) in [7, 11) is 1.37. The summed E-state index contributed by atoms with van der Waals surface area (Å²) in [6.45, 7) is 1.24. The molecule has 1 aromatic carbocycles. The minimum atomic E-state index is -0.416. The van der Waals surface area contributed by atoms with Gasteiger partial charge < -0.3 is 15.0 Å². The van der Waals surface area contributed by atoms with Crippen molar-refractivity contribution in [2.75, 3.05) is 25.5 Å². The molecular formula is C15H18N2O3. The lowest BCUT2D eigenvalue weighted by molar-refractivity contribution is -0.151. The summed E-state index contributed by atoms with van der Waals surface area (Å²) in [5.74, 6) is -0.484. The number of para-hydroxylation sites is 1. The van der Waals surface area contributed by atoms with Crippen molar-refractivity contribution >= 4 is 17.6 Å². The number of benzene rings is 1. The molecule has 0 aliphatic carbocycles. The first kappa shape index (κ1) is 13.0. The summed E-state index contributed by atoms with van der Waals surface area (Å²) in [4.78, 5) is 26.2. The summed E-state index contributed by atoms with van der Waals surface area (Å²) < 4.78 is 4.80. The van der Waals surface area contributed by atoms with Crippen molar-refractivity contribution < 1.29 is 14.3 Å². The van der Waals surface area contributed by atoms with Gasteiger partial charge in [0, 0.05) is 18.8 Å². The number of fused-ring (bicyclic) bond motifs is 1. The molecule has 5 heteroatoms. The van der Waals surface area contributed by atoms with Gasteiger partial charge in [-0.1, -0.05) is 18.2 Å². The fraction of sp³-hybridized carbons (Fsp3) is 0.467. The monoisotopic (exact) mass is 274 g/mol. The third kappa shape index (κ3) is 2.03. The van der Waals surface area contributed by atoms with Crippen LogP contribution in [-0.2, 0) is 14.3 Å². The highest BCUT2D eigenvalue weighted by molar-refractivity contribution is 5.92. The van der Waals surface area contributed by atoms with Crippen LogP contribution >= 0.6 is 0 Å². The second-order valence-electron chi connectivity index (χ2n) is 5.23. The van der Waals surface area contributed by atoms with E-state index in [0.29, 0.717) is 19.5 Å². The average molecular weight is 274 g/mol. The van der Waals surface area contributed by atoms with Crippen molar-refractivity contribution in [3.8, 4) is 0 Å². The third-order valence-electron chi connectivity index (χ3n) is 4.14. The van der Waals surface area contributed by atoms with E-state index in [9.17, 15) is 9.59 Å². The van der Waals surface area contributed by atoms with E-state index < -0.39 is 6.04 Å². The highest BCUT2D eigenvalue weighted by Gasteiger charge is 2.39. The number of hydrogen-bond acceptors (Lipinski definition) is 4. The van der Waals surface area contributed by atoms with Gasteiger partial charge in [0.1, 0.15) is 6.04 Å². The summed E-state index contributed by atoms with van der Waals surface area (Å²) in [6.07, 6.45) is 1.55. The quantitative estimate of drug-likeness (QED) is 0.827. The Morgan fingerprint density at radius 1 is 1.35 bits per heavy atom. The number of carbonyl (C=O) groups excluding carboxylic acids is 2. The zero-order valence-electron chi connectivity index (χ0n) is 11.5. The van der Waals surface area contributed by atoms with Gasteiger partial charge in [0.2, 0.25) is 5.91 Å². The molecule has 106 valence electrons. The second-order valence-corrected chi connectivity index (χ2v) is 5.23. The Bertz CT molecular complexity index is 544. The first-order valence-corrected chi connectivity index (χ1v) is 6.93. The summed E-state index contributed by atoms with van der Waals surface area (Å²) in [5, 5.41) is 3.25. The Morgan fingerprint density at radius 3 is 2.95 bits per heavy atom. The number of carbonyl (C=O) groups is 2. The van der Waals surface area contributed by atoms with E-state index in [0.717, 1.165) is 17.7 Å². The topological polar surface area (TPSA) is 58.6 Å². The van der Waals surface area contributed by atoms with Gasteiger partial charge >= 0.3 is 5.97 Å². The minimum absolute atomic E-state index is 0.0235. The molecule has 2 aliphatic heterocycles. The van der Waals surface area contributed by atoms with Crippen LogP contribution in [0.25, 0.3) is 0 Å². The summed E-state index contributed by atoms with van der Waals surface area (Å²) in [6, 6.07) is 7.42. The predicted molar refractivity (Wildman–Crippen MR) is 74.4 cm³/mol. The molecule has 0 aromatic heterocycles. The molecule has 0 bridgehead atoms. The molecule has 1 saturated heterocycles. The third-order valence-corrected chi connectivity index (χ3v) is 4.14. The number of likely N-dealkylation sites (tertiary alicyclic amines) is 1. The minimum Gasteiger partial charge on any atom is -0.467 e. The maximum absolute atomic E-state index is 12.7. The Hall–Kier alpha value is -2.04. The Labute approximate surface area is 117 Å². The van der Waals surface area contributed by atoms with Crippen LogP contribution in [0.4, 0.5) is 5.69 Å². The van der Waals surface area contributed by atoms with Crippen molar-refractivity contribution in [3.05, 3.63) is 29.8 Å². The molecule has 1 N–H and O–H groups in total. The molecule has 0 spiro atoms. The number of anilines is 1. The molecule has 1 fully saturated rings. The zero-order chi connectivity index (χ0) is 14.1. The first-order chi connectivity index (χ1) is 9.72. The van der Waals surface area contributed by atoms with Crippen LogP contribution in [0.1, 0.15) is 24.3 Å². The van der Waals surface area contributed by atoms with E-state index in [1.54, 1.807) is 4.90 Å². The smallest absolute Gasteiger partial charge is 0.328 e. The second kappa shape index (κ2) is 5.15. The number of ether oxygens (including phenoxy) is 1. The standard InChI is InChI=1S/C15H18N2O3/c1-20-15(19)13-7-4-8-17(13)14(18)11-9-16-12-6-3-2-5-10(11)12/h2-3,5-6,11,13,16H,4,7-9H2,1H3. The van der Waals surface area contributed by atoms with E-state index >= 15 is 0 Å². The van der Waals surface area contributed by atoms with Gasteiger partial charge in [0.25, 0.3) is 0 Å². The summed E-state index contributed by atoms with van der Waals surface area (Å²) >= 11 is 0. The average Bonchev–Trinajstić information content (AvgIpc) is 3.12. The number of rotatable bonds is 2. The number of nitrogens with zero attached hydrogens (tertiary/aromatic N) is 1. The van der Waals surface area contributed by atoms with Crippen LogP contribution in [0.3, 0.4) is 0 Å². The maximum Gasteiger partial charge on any atom is 0.328 e. The lowest BCUT2D eigenvalue weighted by Gasteiger charge is -2.25. The number of hydrogen-bond donors (Lipinski definition) is 1. The molecule has 0 radical (unpaired) electrons. The zero-order valence-corrected chi connectivity index (χ0v) is 11.5. The van der Waals surface area contributed by atoms with E-state index in [1.165, 1.54) is 7.11 Å². The molecule has 0 saturated carbocycles. The molecule has 2 atom stereocenters. The summed E-state index contributed by atoms with van der Waals surface area (Å²) in [5.41, 5.74) is 2.03. The van der Waals surface area contributed by atoms with Crippen molar-refractivity contribution in [2.45, 2.75) is 24.8 Å². The van der Waals surface area contributed by atoms with E-state index in [4.69, 9.17) is 4.74 Å². The molecular weight excluding hydrogens is 256 g/mol. The van der Waals surface area contributed by atoms with Gasteiger partial charge in [-0.2, -0.15) is 0 Å². The maximum atomic E-state index is 12.7. The number of esters is 1.